The fraction of sp³-hybridized carbons (Fsp3) is 0.333. The number of aromatic amines is 1. The average Bonchev–Trinajstić information content (AvgIpc) is 2.31. The number of carbonyl (C=O) groups is 2. The molecule has 0 aliphatic heterocycles. The van der Waals surface area contributed by atoms with Crippen LogP contribution in [-0.2, 0) is 21.1 Å². The van der Waals surface area contributed by atoms with Crippen molar-refractivity contribution >= 4 is 11.9 Å². The normalized spacial score (nSPS) is 10.1. The van der Waals surface area contributed by atoms with Crippen LogP contribution in [0.3, 0.4) is 0 Å². The molecule has 18 heavy (non-hydrogen) atoms. The number of hydrogen-bond donors (Lipinski definition) is 2. The lowest BCUT2D eigenvalue weighted by Gasteiger charge is -2.05. The lowest BCUT2D eigenvalue weighted by molar-refractivity contribution is -0.150. The molecule has 0 unspecified atom stereocenters. The third-order valence-electron chi connectivity index (χ3n) is 1.91. The number of aliphatic carboxylic acids is 1. The zero-order chi connectivity index (χ0) is 13.7. The maximum absolute atomic E-state index is 12.8. The smallest absolute Gasteiger partial charge is 0.331 e. The van der Waals surface area contributed by atoms with Crippen LogP contribution < -0.4 is 11.2 Å². The van der Waals surface area contributed by atoms with Crippen molar-refractivity contribution in [3.05, 3.63) is 32.9 Å². The molecule has 0 radical (unpaired) electrons. The van der Waals surface area contributed by atoms with Gasteiger partial charge in [0.15, 0.2) is 6.73 Å². The Kier molecular flexibility index (Phi) is 4.35. The summed E-state index contributed by atoms with van der Waals surface area (Å²) in [6.07, 6.45) is -0.252. The summed E-state index contributed by atoms with van der Waals surface area (Å²) in [6, 6.07) is 0. The Bertz CT molecular complexity index is 575. The summed E-state index contributed by atoms with van der Waals surface area (Å²) >= 11 is 0. The number of esters is 1. The van der Waals surface area contributed by atoms with Crippen molar-refractivity contribution in [2.24, 2.45) is 0 Å². The molecule has 0 saturated heterocycles. The van der Waals surface area contributed by atoms with Gasteiger partial charge in [0.05, 0.1) is 12.8 Å². The maximum Gasteiger partial charge on any atom is 0.331 e. The standard InChI is InChI=1S/C9H9FN2O6/c10-5-3-11-9(17)12(8(5)16)4-18-7(15)2-1-6(13)14/h3H,1-2,4H2,(H,11,17)(H,13,14). The predicted octanol–water partition coefficient (Wildman–Crippen LogP) is -0.959. The van der Waals surface area contributed by atoms with E-state index in [9.17, 15) is 23.6 Å². The SMILES string of the molecule is O=C(O)CCC(=O)OCn1c(=O)[nH]cc(F)c1=O. The van der Waals surface area contributed by atoms with E-state index in [1.54, 1.807) is 0 Å². The molecule has 1 aromatic heterocycles. The topological polar surface area (TPSA) is 118 Å². The molecule has 0 atom stereocenters. The minimum Gasteiger partial charge on any atom is -0.481 e. The summed E-state index contributed by atoms with van der Waals surface area (Å²) in [6.45, 7) is -0.773. The molecule has 9 heteroatoms. The van der Waals surface area contributed by atoms with Gasteiger partial charge in [-0.15, -0.1) is 0 Å². The second kappa shape index (κ2) is 5.75. The van der Waals surface area contributed by atoms with E-state index in [1.807, 2.05) is 4.98 Å². The molecule has 8 nitrogen and oxygen atoms in total. The van der Waals surface area contributed by atoms with Crippen LogP contribution in [-0.4, -0.2) is 26.6 Å². The number of nitrogens with one attached hydrogen (secondary N) is 1. The summed E-state index contributed by atoms with van der Waals surface area (Å²) in [5, 5.41) is 8.30. The monoisotopic (exact) mass is 260 g/mol. The van der Waals surface area contributed by atoms with Gasteiger partial charge in [-0.3, -0.25) is 14.4 Å². The Morgan fingerprint density at radius 2 is 2.06 bits per heavy atom. The Labute approximate surface area is 98.6 Å². The second-order valence-corrected chi connectivity index (χ2v) is 3.21. The van der Waals surface area contributed by atoms with Crippen LogP contribution in [0.4, 0.5) is 4.39 Å². The maximum atomic E-state index is 12.8. The predicted molar refractivity (Wildman–Crippen MR) is 54.2 cm³/mol. The molecule has 0 bridgehead atoms. The summed E-state index contributed by atoms with van der Waals surface area (Å²) in [7, 11) is 0. The second-order valence-electron chi connectivity index (χ2n) is 3.21. The zero-order valence-corrected chi connectivity index (χ0v) is 9.01. The fourth-order valence-corrected chi connectivity index (χ4v) is 1.02. The van der Waals surface area contributed by atoms with Gasteiger partial charge in [-0.2, -0.15) is 4.39 Å². The lowest BCUT2D eigenvalue weighted by Crippen LogP contribution is -2.37. The van der Waals surface area contributed by atoms with Crippen molar-refractivity contribution < 1.29 is 23.8 Å². The number of aromatic nitrogens is 2. The minimum absolute atomic E-state index is 0.341. The Balaban J connectivity index is 2.67. The van der Waals surface area contributed by atoms with Gasteiger partial charge in [0.25, 0.3) is 5.56 Å². The van der Waals surface area contributed by atoms with Gasteiger partial charge in [-0.1, -0.05) is 0 Å². The fourth-order valence-electron chi connectivity index (χ4n) is 1.02. The van der Waals surface area contributed by atoms with Crippen LogP contribution in [0.5, 0.6) is 0 Å². The number of H-pyrrole nitrogens is 1. The third kappa shape index (κ3) is 3.54. The number of carboxylic acids is 1. The van der Waals surface area contributed by atoms with Crippen molar-refractivity contribution in [3.63, 3.8) is 0 Å². The molecule has 1 aromatic rings. The number of hydrogen-bond acceptors (Lipinski definition) is 5. The first-order valence-corrected chi connectivity index (χ1v) is 4.77. The number of halogens is 1. The molecular formula is C9H9FN2O6. The van der Waals surface area contributed by atoms with E-state index in [1.165, 1.54) is 0 Å². The summed E-state index contributed by atoms with van der Waals surface area (Å²) < 4.78 is 17.6. The Morgan fingerprint density at radius 3 is 2.67 bits per heavy atom. The van der Waals surface area contributed by atoms with Gasteiger partial charge in [-0.25, -0.2) is 9.36 Å². The van der Waals surface area contributed by atoms with E-state index in [0.717, 1.165) is 0 Å². The van der Waals surface area contributed by atoms with Gasteiger partial charge < -0.3 is 14.8 Å². The van der Waals surface area contributed by atoms with Gasteiger partial charge in [0.2, 0.25) is 5.82 Å². The number of carbonyl (C=O) groups excluding carboxylic acids is 1. The van der Waals surface area contributed by atoms with Crippen LogP contribution in [0.15, 0.2) is 15.8 Å². The summed E-state index contributed by atoms with van der Waals surface area (Å²) in [5.41, 5.74) is -2.17. The van der Waals surface area contributed by atoms with Gasteiger partial charge in [0.1, 0.15) is 0 Å². The average molecular weight is 260 g/mol. The van der Waals surface area contributed by atoms with Crippen molar-refractivity contribution in [3.8, 4) is 0 Å². The number of carboxylic acid groups (broad SMARTS) is 1. The molecule has 1 rings (SSSR count). The van der Waals surface area contributed by atoms with E-state index in [-0.39, 0.29) is 0 Å². The Hall–Kier alpha value is -2.45. The van der Waals surface area contributed by atoms with Crippen LogP contribution in [0.25, 0.3) is 0 Å². The zero-order valence-electron chi connectivity index (χ0n) is 9.01. The highest BCUT2D eigenvalue weighted by molar-refractivity contribution is 5.76. The van der Waals surface area contributed by atoms with Crippen LogP contribution in [0, 0.1) is 5.82 Å². The van der Waals surface area contributed by atoms with E-state index in [4.69, 9.17) is 5.11 Å². The lowest BCUT2D eigenvalue weighted by atomic mass is 10.3. The van der Waals surface area contributed by atoms with Gasteiger partial charge in [-0.05, 0) is 0 Å². The first kappa shape index (κ1) is 13.6. The molecular weight excluding hydrogens is 251 g/mol. The Morgan fingerprint density at radius 1 is 1.39 bits per heavy atom. The molecule has 0 amide bonds. The minimum atomic E-state index is -1.23. The molecule has 2 N–H and O–H groups in total. The first-order chi connectivity index (χ1) is 8.41. The quantitative estimate of drug-likeness (QED) is 0.658. The molecule has 0 aromatic carbocycles. The largest absolute Gasteiger partial charge is 0.481 e. The number of ether oxygens (including phenoxy) is 1. The van der Waals surface area contributed by atoms with Crippen LogP contribution in [0.1, 0.15) is 12.8 Å². The molecule has 0 spiro atoms. The highest BCUT2D eigenvalue weighted by Crippen LogP contribution is 1.93. The number of nitrogens with zero attached hydrogens (tertiary/aromatic N) is 1. The van der Waals surface area contributed by atoms with E-state index < -0.39 is 48.6 Å². The summed E-state index contributed by atoms with van der Waals surface area (Å²) in [5.74, 6) is -3.29. The molecule has 1 heterocycles. The van der Waals surface area contributed by atoms with Gasteiger partial charge >= 0.3 is 17.6 Å². The van der Waals surface area contributed by atoms with Crippen molar-refractivity contribution in [1.29, 1.82) is 0 Å². The van der Waals surface area contributed by atoms with E-state index in [2.05, 4.69) is 4.74 Å². The van der Waals surface area contributed by atoms with Crippen molar-refractivity contribution in [1.82, 2.24) is 9.55 Å². The summed E-state index contributed by atoms with van der Waals surface area (Å²) in [4.78, 5) is 45.4. The highest BCUT2D eigenvalue weighted by atomic mass is 19.1. The first-order valence-electron chi connectivity index (χ1n) is 4.77. The van der Waals surface area contributed by atoms with Crippen molar-refractivity contribution in [2.75, 3.05) is 0 Å². The van der Waals surface area contributed by atoms with E-state index >= 15 is 0 Å². The molecule has 0 aliphatic carbocycles. The number of rotatable bonds is 5. The molecule has 0 aliphatic rings. The van der Waals surface area contributed by atoms with Gasteiger partial charge in [0, 0.05) is 6.20 Å². The molecule has 0 saturated carbocycles. The third-order valence-corrected chi connectivity index (χ3v) is 1.91. The van der Waals surface area contributed by atoms with Crippen molar-refractivity contribution in [2.45, 2.75) is 19.6 Å². The molecule has 98 valence electrons. The van der Waals surface area contributed by atoms with E-state index in [0.29, 0.717) is 10.8 Å². The van der Waals surface area contributed by atoms with Crippen LogP contribution >= 0.6 is 0 Å². The molecule has 0 fully saturated rings. The highest BCUT2D eigenvalue weighted by Gasteiger charge is 2.10. The van der Waals surface area contributed by atoms with Crippen LogP contribution in [0.2, 0.25) is 0 Å².